The van der Waals surface area contributed by atoms with Gasteiger partial charge in [-0.2, -0.15) is 0 Å². The highest BCUT2D eigenvalue weighted by molar-refractivity contribution is 5.84. The van der Waals surface area contributed by atoms with Gasteiger partial charge in [-0.3, -0.25) is 14.5 Å². The summed E-state index contributed by atoms with van der Waals surface area (Å²) < 4.78 is 12.9. The topological polar surface area (TPSA) is 43.9 Å². The summed E-state index contributed by atoms with van der Waals surface area (Å²) in [7, 11) is 0. The van der Waals surface area contributed by atoms with E-state index in [0.717, 1.165) is 44.2 Å². The number of carbonyl (C=O) groups is 2. The van der Waals surface area contributed by atoms with Crippen molar-refractivity contribution < 1.29 is 14.0 Å². The number of aryl methyl sites for hydroxylation is 1. The first kappa shape index (κ1) is 19.4. The van der Waals surface area contributed by atoms with Crippen molar-refractivity contribution in [2.45, 2.75) is 44.6 Å². The average Bonchev–Trinajstić information content (AvgIpc) is 2.84. The first-order valence-electron chi connectivity index (χ1n) is 10.7. The number of nitrogens with zero attached hydrogens (tertiary/aromatic N) is 3. The highest BCUT2D eigenvalue weighted by atomic mass is 19.1. The molecule has 5 nitrogen and oxygen atoms in total. The highest BCUT2D eigenvalue weighted by Crippen LogP contribution is 2.26. The normalized spacial score (nSPS) is 21.8. The van der Waals surface area contributed by atoms with Crippen molar-refractivity contribution >= 4 is 11.8 Å². The zero-order valence-electron chi connectivity index (χ0n) is 16.5. The van der Waals surface area contributed by atoms with Gasteiger partial charge in [0.05, 0.1) is 5.92 Å². The van der Waals surface area contributed by atoms with E-state index in [1.807, 2.05) is 4.90 Å². The van der Waals surface area contributed by atoms with Gasteiger partial charge in [0, 0.05) is 51.7 Å². The average molecular weight is 387 g/mol. The second kappa shape index (κ2) is 8.60. The first-order chi connectivity index (χ1) is 13.6. The van der Waals surface area contributed by atoms with Crippen LogP contribution in [-0.4, -0.2) is 71.8 Å². The molecule has 3 fully saturated rings. The van der Waals surface area contributed by atoms with Gasteiger partial charge in [0.25, 0.3) is 0 Å². The smallest absolute Gasteiger partial charge is 0.229 e. The zero-order chi connectivity index (χ0) is 19.5. The van der Waals surface area contributed by atoms with E-state index in [0.29, 0.717) is 25.9 Å². The Bertz CT molecular complexity index is 698. The monoisotopic (exact) mass is 387 g/mol. The maximum Gasteiger partial charge on any atom is 0.229 e. The fourth-order valence-corrected chi connectivity index (χ4v) is 4.43. The summed E-state index contributed by atoms with van der Waals surface area (Å²) in [5, 5.41) is 0. The molecule has 0 bridgehead atoms. The van der Waals surface area contributed by atoms with Crippen LogP contribution in [0.2, 0.25) is 0 Å². The van der Waals surface area contributed by atoms with Crippen LogP contribution in [0.3, 0.4) is 0 Å². The van der Waals surface area contributed by atoms with Crippen LogP contribution in [0, 0.1) is 11.7 Å². The summed E-state index contributed by atoms with van der Waals surface area (Å²) in [6.07, 6.45) is 6.03. The summed E-state index contributed by atoms with van der Waals surface area (Å²) in [5.41, 5.74) is 0.962. The van der Waals surface area contributed by atoms with Crippen LogP contribution >= 0.6 is 0 Å². The van der Waals surface area contributed by atoms with Crippen LogP contribution in [0.15, 0.2) is 24.3 Å². The number of benzene rings is 1. The predicted octanol–water partition coefficient (Wildman–Crippen LogP) is 2.30. The highest BCUT2D eigenvalue weighted by Gasteiger charge is 2.38. The fraction of sp³-hybridized carbons (Fsp3) is 0.636. The van der Waals surface area contributed by atoms with Crippen molar-refractivity contribution in [1.29, 1.82) is 0 Å². The van der Waals surface area contributed by atoms with Crippen LogP contribution in [0.5, 0.6) is 0 Å². The van der Waals surface area contributed by atoms with Crippen molar-refractivity contribution in [3.8, 4) is 0 Å². The van der Waals surface area contributed by atoms with Crippen LogP contribution in [0.25, 0.3) is 0 Å². The third kappa shape index (κ3) is 4.37. The van der Waals surface area contributed by atoms with E-state index < -0.39 is 0 Å². The molecule has 0 spiro atoms. The fourth-order valence-electron chi connectivity index (χ4n) is 4.43. The summed E-state index contributed by atoms with van der Waals surface area (Å²) in [5.74, 6) is 0.00645. The summed E-state index contributed by atoms with van der Waals surface area (Å²) in [4.78, 5) is 31.5. The molecule has 2 heterocycles. The molecule has 0 unspecified atom stereocenters. The van der Waals surface area contributed by atoms with Gasteiger partial charge in [-0.05, 0) is 43.4 Å². The molecule has 2 amide bonds. The molecule has 0 aromatic heterocycles. The number of halogens is 1. The van der Waals surface area contributed by atoms with Crippen LogP contribution < -0.4 is 0 Å². The molecule has 3 aliphatic rings. The third-order valence-corrected chi connectivity index (χ3v) is 6.56. The largest absolute Gasteiger partial charge is 0.341 e. The van der Waals surface area contributed by atoms with Crippen molar-refractivity contribution in [1.82, 2.24) is 14.7 Å². The number of hydrogen-bond donors (Lipinski definition) is 0. The molecule has 4 rings (SSSR count). The Kier molecular flexibility index (Phi) is 5.95. The molecule has 0 N–H and O–H groups in total. The van der Waals surface area contributed by atoms with Gasteiger partial charge in [0.2, 0.25) is 11.8 Å². The van der Waals surface area contributed by atoms with E-state index in [2.05, 4.69) is 4.90 Å². The van der Waals surface area contributed by atoms with Gasteiger partial charge >= 0.3 is 0 Å². The molecule has 2 saturated heterocycles. The van der Waals surface area contributed by atoms with Gasteiger partial charge in [0.1, 0.15) is 5.82 Å². The van der Waals surface area contributed by atoms with Crippen molar-refractivity contribution in [2.24, 2.45) is 5.92 Å². The lowest BCUT2D eigenvalue weighted by atomic mass is 9.91. The standard InChI is InChI=1S/C22H30FN3O2/c23-19-8-5-17(6-9-19)7-10-21(27)26-15-18(16-26)22(28)25-12-2-11-24(13-14-25)20-3-1-4-20/h5-6,8-9,18,20H,1-4,7,10-16H2. The minimum atomic E-state index is -0.261. The molecule has 28 heavy (non-hydrogen) atoms. The Balaban J connectivity index is 1.19. The second-order valence-corrected chi connectivity index (χ2v) is 8.42. The number of hydrogen-bond acceptors (Lipinski definition) is 3. The molecular weight excluding hydrogens is 357 g/mol. The molecule has 1 aromatic carbocycles. The predicted molar refractivity (Wildman–Crippen MR) is 105 cm³/mol. The van der Waals surface area contributed by atoms with Gasteiger partial charge < -0.3 is 9.80 Å². The minimum absolute atomic E-state index is 0.0370. The van der Waals surface area contributed by atoms with E-state index in [1.54, 1.807) is 17.0 Å². The van der Waals surface area contributed by atoms with Gasteiger partial charge in [-0.1, -0.05) is 18.6 Å². The first-order valence-corrected chi connectivity index (χ1v) is 10.7. The zero-order valence-corrected chi connectivity index (χ0v) is 16.5. The number of carbonyl (C=O) groups excluding carboxylic acids is 2. The van der Waals surface area contributed by atoms with Crippen molar-refractivity contribution in [3.63, 3.8) is 0 Å². The number of amides is 2. The third-order valence-electron chi connectivity index (χ3n) is 6.56. The number of likely N-dealkylation sites (tertiary alicyclic amines) is 1. The van der Waals surface area contributed by atoms with E-state index in [-0.39, 0.29) is 23.5 Å². The van der Waals surface area contributed by atoms with Gasteiger partial charge in [0.15, 0.2) is 0 Å². The lowest BCUT2D eigenvalue weighted by molar-refractivity contribution is -0.148. The Morgan fingerprint density at radius 1 is 0.929 bits per heavy atom. The van der Waals surface area contributed by atoms with Crippen LogP contribution in [-0.2, 0) is 16.0 Å². The van der Waals surface area contributed by atoms with E-state index in [1.165, 1.54) is 31.4 Å². The molecular formula is C22H30FN3O2. The van der Waals surface area contributed by atoms with Gasteiger partial charge in [-0.15, -0.1) is 0 Å². The Morgan fingerprint density at radius 2 is 1.68 bits per heavy atom. The van der Waals surface area contributed by atoms with Crippen molar-refractivity contribution in [3.05, 3.63) is 35.6 Å². The summed E-state index contributed by atoms with van der Waals surface area (Å²) in [6, 6.07) is 7.03. The molecule has 1 aliphatic carbocycles. The molecule has 1 saturated carbocycles. The quantitative estimate of drug-likeness (QED) is 0.779. The minimum Gasteiger partial charge on any atom is -0.341 e. The van der Waals surface area contributed by atoms with E-state index in [4.69, 9.17) is 0 Å². The maximum absolute atomic E-state index is 12.9. The summed E-state index contributed by atoms with van der Waals surface area (Å²) in [6.45, 7) is 4.85. The molecule has 6 heteroatoms. The van der Waals surface area contributed by atoms with E-state index in [9.17, 15) is 14.0 Å². The molecule has 2 aliphatic heterocycles. The van der Waals surface area contributed by atoms with E-state index >= 15 is 0 Å². The number of rotatable bonds is 5. The Labute approximate surface area is 166 Å². The molecule has 0 radical (unpaired) electrons. The SMILES string of the molecule is O=C(CCc1ccc(F)cc1)N1CC(C(=O)N2CCCN(C3CCC3)CC2)C1. The molecule has 1 aromatic rings. The van der Waals surface area contributed by atoms with Crippen molar-refractivity contribution in [2.75, 3.05) is 39.3 Å². The Hall–Kier alpha value is -1.95. The maximum atomic E-state index is 12.9. The molecule has 152 valence electrons. The second-order valence-electron chi connectivity index (χ2n) is 8.42. The lowest BCUT2D eigenvalue weighted by Crippen LogP contribution is -2.56. The summed E-state index contributed by atoms with van der Waals surface area (Å²) >= 11 is 0. The van der Waals surface area contributed by atoms with Crippen LogP contribution in [0.4, 0.5) is 4.39 Å². The lowest BCUT2D eigenvalue weighted by Gasteiger charge is -2.41. The molecule has 0 atom stereocenters. The van der Waals surface area contributed by atoms with Crippen LogP contribution in [0.1, 0.15) is 37.7 Å². The van der Waals surface area contributed by atoms with Gasteiger partial charge in [-0.25, -0.2) is 4.39 Å². The Morgan fingerprint density at radius 3 is 2.36 bits per heavy atom.